The zero-order valence-electron chi connectivity index (χ0n) is 9.88. The van der Waals surface area contributed by atoms with Crippen molar-refractivity contribution in [3.05, 3.63) is 0 Å². The van der Waals surface area contributed by atoms with Gasteiger partial charge in [-0.25, -0.2) is 0 Å². The first-order valence-electron chi connectivity index (χ1n) is 5.36. The molecule has 0 bridgehead atoms. The molecular formula is C9H24O3Si2. The van der Waals surface area contributed by atoms with Crippen LogP contribution in [0.5, 0.6) is 0 Å². The summed E-state index contributed by atoms with van der Waals surface area (Å²) in [5.41, 5.74) is 0. The Morgan fingerprint density at radius 1 is 1.36 bits per heavy atom. The molecule has 3 nitrogen and oxygen atoms in total. The third kappa shape index (κ3) is 8.89. The summed E-state index contributed by atoms with van der Waals surface area (Å²) in [4.78, 5) is 0. The van der Waals surface area contributed by atoms with Gasteiger partial charge in [0.15, 0.2) is 8.32 Å². The van der Waals surface area contributed by atoms with Gasteiger partial charge in [0.25, 0.3) is 0 Å². The summed E-state index contributed by atoms with van der Waals surface area (Å²) in [5.74, 6) is 0. The predicted molar refractivity (Wildman–Crippen MR) is 65.5 cm³/mol. The van der Waals surface area contributed by atoms with Gasteiger partial charge in [0.2, 0.25) is 0 Å². The van der Waals surface area contributed by atoms with Crippen LogP contribution in [0.3, 0.4) is 0 Å². The van der Waals surface area contributed by atoms with Gasteiger partial charge in [-0.1, -0.05) is 6.04 Å². The summed E-state index contributed by atoms with van der Waals surface area (Å²) in [6.07, 6.45) is 1.01. The normalized spacial score (nSPS) is 14.6. The van der Waals surface area contributed by atoms with Gasteiger partial charge in [-0.2, -0.15) is 0 Å². The Balaban J connectivity index is 3.58. The van der Waals surface area contributed by atoms with Crippen molar-refractivity contribution in [2.75, 3.05) is 19.8 Å². The monoisotopic (exact) mass is 236 g/mol. The highest BCUT2D eigenvalue weighted by Crippen LogP contribution is 2.07. The molecule has 0 amide bonds. The molecule has 1 unspecified atom stereocenters. The second-order valence-electron chi connectivity index (χ2n) is 4.46. The van der Waals surface area contributed by atoms with Crippen molar-refractivity contribution in [2.24, 2.45) is 0 Å². The molecule has 0 heterocycles. The fraction of sp³-hybridized carbons (Fsp3) is 1.00. The molecule has 0 aromatic carbocycles. The van der Waals surface area contributed by atoms with E-state index < -0.39 is 8.32 Å². The minimum absolute atomic E-state index is 0.0607. The lowest BCUT2D eigenvalue weighted by Gasteiger charge is -2.24. The molecule has 1 N–H and O–H groups in total. The van der Waals surface area contributed by atoms with E-state index in [0.717, 1.165) is 13.0 Å². The molecule has 0 saturated heterocycles. The van der Waals surface area contributed by atoms with E-state index in [0.29, 0.717) is 6.61 Å². The van der Waals surface area contributed by atoms with Gasteiger partial charge < -0.3 is 14.3 Å². The Hall–Kier alpha value is 0.314. The van der Waals surface area contributed by atoms with Crippen LogP contribution in [0.2, 0.25) is 25.7 Å². The molecule has 0 spiro atoms. The highest BCUT2D eigenvalue weighted by molar-refractivity contribution is 6.69. The van der Waals surface area contributed by atoms with Gasteiger partial charge in [-0.3, -0.25) is 0 Å². The van der Waals surface area contributed by atoms with E-state index in [1.165, 1.54) is 16.3 Å². The zero-order valence-corrected chi connectivity index (χ0v) is 12.9. The second-order valence-corrected chi connectivity index (χ2v) is 9.92. The fourth-order valence-corrected chi connectivity index (χ4v) is 2.52. The minimum Gasteiger partial charge on any atom is -0.410 e. The van der Waals surface area contributed by atoms with Crippen LogP contribution in [-0.2, 0) is 9.16 Å². The first-order valence-corrected chi connectivity index (χ1v) is 10.2. The van der Waals surface area contributed by atoms with Gasteiger partial charge in [0.05, 0.1) is 19.3 Å². The largest absolute Gasteiger partial charge is 0.410 e. The van der Waals surface area contributed by atoms with Crippen LogP contribution in [0.4, 0.5) is 0 Å². The lowest BCUT2D eigenvalue weighted by molar-refractivity contribution is 0.0164. The van der Waals surface area contributed by atoms with Crippen molar-refractivity contribution in [3.8, 4) is 0 Å². The molecule has 0 aliphatic rings. The Labute approximate surface area is 91.4 Å². The molecule has 14 heavy (non-hydrogen) atoms. The summed E-state index contributed by atoms with van der Waals surface area (Å²) in [5, 5.41) is 9.07. The van der Waals surface area contributed by atoms with Gasteiger partial charge in [0.1, 0.15) is 0 Å². The average Bonchev–Trinajstić information content (AvgIpc) is 2.08. The van der Waals surface area contributed by atoms with E-state index >= 15 is 0 Å². The minimum atomic E-state index is -1.54. The maximum atomic E-state index is 9.07. The quantitative estimate of drug-likeness (QED) is 0.489. The molecule has 1 atom stereocenters. The molecule has 0 fully saturated rings. The summed E-state index contributed by atoms with van der Waals surface area (Å²) in [6, 6.07) is 1.28. The van der Waals surface area contributed by atoms with Crippen LogP contribution < -0.4 is 0 Å². The number of hydrogen-bond acceptors (Lipinski definition) is 3. The second kappa shape index (κ2) is 7.59. The molecule has 0 aromatic heterocycles. The van der Waals surface area contributed by atoms with Crippen molar-refractivity contribution < 1.29 is 14.3 Å². The molecular weight excluding hydrogens is 212 g/mol. The van der Waals surface area contributed by atoms with Gasteiger partial charge in [-0.15, -0.1) is 0 Å². The number of rotatable bonds is 8. The highest BCUT2D eigenvalue weighted by Gasteiger charge is 2.20. The maximum absolute atomic E-state index is 9.07. The van der Waals surface area contributed by atoms with Crippen LogP contribution >= 0.6 is 0 Å². The first kappa shape index (κ1) is 14.3. The Bertz CT molecular complexity index is 137. The summed E-state index contributed by atoms with van der Waals surface area (Å²) in [7, 11) is -0.300. The van der Waals surface area contributed by atoms with Crippen LogP contribution in [0.15, 0.2) is 0 Å². The molecule has 0 rings (SSSR count). The third-order valence-corrected chi connectivity index (χ3v) is 3.42. The molecule has 86 valence electrons. The number of aliphatic hydroxyl groups excluding tert-OH is 1. The Morgan fingerprint density at radius 2 is 2.00 bits per heavy atom. The first-order chi connectivity index (χ1) is 6.49. The van der Waals surface area contributed by atoms with Crippen LogP contribution in [0.1, 0.15) is 6.42 Å². The number of hydrogen-bond donors (Lipinski definition) is 1. The van der Waals surface area contributed by atoms with Crippen molar-refractivity contribution in [1.29, 1.82) is 0 Å². The smallest absolute Gasteiger partial charge is 0.184 e. The van der Waals surface area contributed by atoms with Crippen molar-refractivity contribution in [1.82, 2.24) is 0 Å². The lowest BCUT2D eigenvalue weighted by Crippen LogP contribution is -2.36. The van der Waals surface area contributed by atoms with Crippen molar-refractivity contribution in [2.45, 2.75) is 38.2 Å². The number of aliphatic hydroxyl groups is 1. The van der Waals surface area contributed by atoms with Gasteiger partial charge in [0, 0.05) is 16.8 Å². The van der Waals surface area contributed by atoms with Crippen molar-refractivity contribution >= 4 is 18.6 Å². The van der Waals surface area contributed by atoms with E-state index in [1.54, 1.807) is 0 Å². The SMILES string of the molecule is C[Si](C)(C)OC(CO)COCCC[SiH3]. The molecule has 0 aromatic rings. The Kier molecular flexibility index (Phi) is 7.76. The van der Waals surface area contributed by atoms with Gasteiger partial charge in [-0.05, 0) is 26.1 Å². The van der Waals surface area contributed by atoms with Crippen molar-refractivity contribution in [3.63, 3.8) is 0 Å². The number of ether oxygens (including phenoxy) is 1. The molecule has 0 aliphatic heterocycles. The highest BCUT2D eigenvalue weighted by atomic mass is 28.4. The summed E-state index contributed by atoms with van der Waals surface area (Å²) < 4.78 is 11.2. The van der Waals surface area contributed by atoms with Gasteiger partial charge >= 0.3 is 0 Å². The molecule has 0 radical (unpaired) electrons. The topological polar surface area (TPSA) is 38.7 Å². The van der Waals surface area contributed by atoms with E-state index in [9.17, 15) is 0 Å². The average molecular weight is 236 g/mol. The molecule has 5 heteroatoms. The molecule has 0 aliphatic carbocycles. The van der Waals surface area contributed by atoms with E-state index in [-0.39, 0.29) is 12.7 Å². The standard InChI is InChI=1S/C9H24O3Si2/c1-14(2,3)12-9(7-10)8-11-5-4-6-13/h9-10H,4-8H2,1-3,13H3. The van der Waals surface area contributed by atoms with Crippen LogP contribution in [-0.4, -0.2) is 49.6 Å². The van der Waals surface area contributed by atoms with E-state index in [4.69, 9.17) is 14.3 Å². The predicted octanol–water partition coefficient (Wildman–Crippen LogP) is 0.389. The van der Waals surface area contributed by atoms with Crippen LogP contribution in [0.25, 0.3) is 0 Å². The lowest BCUT2D eigenvalue weighted by atomic mass is 10.4. The zero-order chi connectivity index (χ0) is 11.0. The Morgan fingerprint density at radius 3 is 2.43 bits per heavy atom. The fourth-order valence-electron chi connectivity index (χ4n) is 1.09. The van der Waals surface area contributed by atoms with Crippen LogP contribution in [0, 0.1) is 0 Å². The summed E-state index contributed by atoms with van der Waals surface area (Å²) in [6.45, 7) is 7.75. The summed E-state index contributed by atoms with van der Waals surface area (Å²) >= 11 is 0. The third-order valence-electron chi connectivity index (χ3n) is 1.67. The van der Waals surface area contributed by atoms with E-state index in [1.807, 2.05) is 0 Å². The van der Waals surface area contributed by atoms with E-state index in [2.05, 4.69) is 19.6 Å². The maximum Gasteiger partial charge on any atom is 0.184 e. The molecule has 0 saturated carbocycles.